The predicted octanol–water partition coefficient (Wildman–Crippen LogP) is 6.77. The molecule has 0 spiro atoms. The van der Waals surface area contributed by atoms with E-state index in [2.05, 4.69) is 23.7 Å². The van der Waals surface area contributed by atoms with Gasteiger partial charge in [-0.25, -0.2) is 9.69 Å². The zero-order chi connectivity index (χ0) is 24.0. The van der Waals surface area contributed by atoms with Gasteiger partial charge in [0.15, 0.2) is 5.69 Å². The van der Waals surface area contributed by atoms with Gasteiger partial charge in [-0.05, 0) is 62.3 Å². The molecular weight excluding hydrogens is 514 g/mol. The van der Waals surface area contributed by atoms with Crippen molar-refractivity contribution >= 4 is 57.9 Å². The quantitative estimate of drug-likeness (QED) is 0.426. The Hall–Kier alpha value is -1.50. The summed E-state index contributed by atoms with van der Waals surface area (Å²) in [6.45, 7) is 3.62. The molecule has 2 heterocycles. The molecule has 1 aliphatic heterocycles. The summed E-state index contributed by atoms with van der Waals surface area (Å²) >= 11 is 25.3. The summed E-state index contributed by atoms with van der Waals surface area (Å²) < 4.78 is 1.13. The fourth-order valence-electron chi connectivity index (χ4n) is 4.89. The van der Waals surface area contributed by atoms with Crippen LogP contribution in [0.2, 0.25) is 10.0 Å². The summed E-state index contributed by atoms with van der Waals surface area (Å²) in [5.41, 5.74) is 6.70. The van der Waals surface area contributed by atoms with Crippen LogP contribution in [0.25, 0.3) is 11.3 Å². The molecule has 0 radical (unpaired) electrons. The number of aromatic nitrogens is 2. The second-order valence-corrected chi connectivity index (χ2v) is 11.7. The summed E-state index contributed by atoms with van der Waals surface area (Å²) in [4.78, 5) is 13.2. The second kappa shape index (κ2) is 9.51. The van der Waals surface area contributed by atoms with Crippen molar-refractivity contribution in [2.24, 2.45) is 11.8 Å². The molecule has 180 valence electrons. The van der Waals surface area contributed by atoms with Crippen LogP contribution in [0.5, 0.6) is 0 Å². The maximum absolute atomic E-state index is 13.2. The predicted molar refractivity (Wildman–Crippen MR) is 139 cm³/mol. The van der Waals surface area contributed by atoms with E-state index in [1.807, 2.05) is 18.0 Å². The van der Waals surface area contributed by atoms with Crippen LogP contribution >= 0.6 is 46.4 Å². The lowest BCUT2D eigenvalue weighted by molar-refractivity contribution is 0.0743. The molecule has 2 aliphatic carbocycles. The summed E-state index contributed by atoms with van der Waals surface area (Å²) in [6, 6.07) is 5.27. The first kappa shape index (κ1) is 24.2. The van der Waals surface area contributed by atoms with Crippen LogP contribution in [0.1, 0.15) is 53.8 Å². The van der Waals surface area contributed by atoms with Crippen LogP contribution in [0, 0.1) is 18.8 Å². The Balaban J connectivity index is 1.50. The minimum absolute atomic E-state index is 0.213. The molecule has 5 rings (SSSR count). The number of carbonyl (C=O) groups excluding carboxylic acids is 1. The van der Waals surface area contributed by atoms with Crippen LogP contribution in [-0.4, -0.2) is 38.1 Å². The Morgan fingerprint density at radius 3 is 2.53 bits per heavy atom. The lowest BCUT2D eigenvalue weighted by Gasteiger charge is -2.26. The van der Waals surface area contributed by atoms with Gasteiger partial charge in [0.25, 0.3) is 5.91 Å². The van der Waals surface area contributed by atoms with Crippen molar-refractivity contribution in [2.45, 2.75) is 43.4 Å². The number of nitrogens with one attached hydrogen (secondary N) is 1. The number of hydrogen-bond donors (Lipinski definition) is 1. The summed E-state index contributed by atoms with van der Waals surface area (Å²) in [5.74, 6) is 0.360. The molecule has 1 saturated carbocycles. The Kier molecular flexibility index (Phi) is 6.77. The first-order chi connectivity index (χ1) is 16.2. The van der Waals surface area contributed by atoms with E-state index < -0.39 is 4.33 Å². The third kappa shape index (κ3) is 4.78. The number of benzene rings is 1. The lowest BCUT2D eigenvalue weighted by Crippen LogP contribution is -2.45. The number of hydrogen-bond acceptors (Lipinski definition) is 3. The Morgan fingerprint density at radius 2 is 1.91 bits per heavy atom. The number of amides is 1. The van der Waals surface area contributed by atoms with E-state index in [1.165, 1.54) is 6.42 Å². The molecule has 2 unspecified atom stereocenters. The van der Waals surface area contributed by atoms with Gasteiger partial charge in [-0.1, -0.05) is 47.9 Å². The summed E-state index contributed by atoms with van der Waals surface area (Å²) in [5, 5.41) is 7.71. The zero-order valence-electron chi connectivity index (χ0n) is 18.8. The highest BCUT2D eigenvalue weighted by Gasteiger charge is 2.54. The van der Waals surface area contributed by atoms with E-state index in [1.54, 1.807) is 16.8 Å². The van der Waals surface area contributed by atoms with Gasteiger partial charge < -0.3 is 0 Å². The fraction of sp³-hybridized carbons (Fsp3) is 0.440. The number of halogens is 4. The molecule has 5 nitrogen and oxygen atoms in total. The number of piperidine rings is 1. The van der Waals surface area contributed by atoms with E-state index in [-0.39, 0.29) is 11.8 Å². The van der Waals surface area contributed by atoms with Crippen molar-refractivity contribution < 1.29 is 4.79 Å². The molecule has 9 heteroatoms. The number of hydrazine groups is 1. The standard InChI is InChI=1S/C25H26Cl4N4O/c1-15-22(24(34)31-32-11-3-2-4-12-32)30-33(21-10-9-18(26)13-20(21)27)23(15)17-7-5-16(6-8-17)19-14-25(19,28)29/h5,7-10,13,16,19H,2-4,6,11-12,14H2,1H3,(H,31,34). The summed E-state index contributed by atoms with van der Waals surface area (Å²) in [6.07, 6.45) is 11.4. The van der Waals surface area contributed by atoms with Gasteiger partial charge in [-0.15, -0.1) is 23.2 Å². The molecule has 2 atom stereocenters. The van der Waals surface area contributed by atoms with Gasteiger partial charge in [0, 0.05) is 29.6 Å². The second-order valence-electron chi connectivity index (χ2n) is 9.31. The molecule has 1 N–H and O–H groups in total. The van der Waals surface area contributed by atoms with Gasteiger partial charge >= 0.3 is 0 Å². The van der Waals surface area contributed by atoms with Gasteiger partial charge in [0.05, 0.1) is 16.4 Å². The highest BCUT2D eigenvalue weighted by Crippen LogP contribution is 2.58. The van der Waals surface area contributed by atoms with Crippen LogP contribution in [-0.2, 0) is 0 Å². The van der Waals surface area contributed by atoms with Crippen LogP contribution in [0.4, 0.5) is 0 Å². The topological polar surface area (TPSA) is 50.2 Å². The lowest BCUT2D eigenvalue weighted by atomic mass is 9.90. The normalized spacial score (nSPS) is 24.1. The molecule has 1 aromatic carbocycles. The van der Waals surface area contributed by atoms with E-state index in [4.69, 9.17) is 51.5 Å². The number of alkyl halides is 2. The fourth-order valence-corrected chi connectivity index (χ4v) is 6.03. The molecule has 0 bridgehead atoms. The third-order valence-electron chi connectivity index (χ3n) is 6.89. The Labute approximate surface area is 219 Å². The maximum Gasteiger partial charge on any atom is 0.286 e. The minimum atomic E-state index is -0.616. The monoisotopic (exact) mass is 538 g/mol. The van der Waals surface area contributed by atoms with Crippen molar-refractivity contribution in [3.05, 3.63) is 63.4 Å². The van der Waals surface area contributed by atoms with Crippen molar-refractivity contribution in [3.8, 4) is 5.69 Å². The molecule has 2 fully saturated rings. The number of allylic oxidation sites excluding steroid dienone is 4. The van der Waals surface area contributed by atoms with Crippen LogP contribution in [0.3, 0.4) is 0 Å². The molecular formula is C25H26Cl4N4O. The Morgan fingerprint density at radius 1 is 1.18 bits per heavy atom. The highest BCUT2D eigenvalue weighted by molar-refractivity contribution is 6.50. The number of nitrogens with zero attached hydrogens (tertiary/aromatic N) is 3. The zero-order valence-corrected chi connectivity index (χ0v) is 21.9. The molecule has 1 saturated heterocycles. The smallest absolute Gasteiger partial charge is 0.283 e. The average Bonchev–Trinajstić information content (AvgIpc) is 3.31. The molecule has 1 amide bonds. The molecule has 2 aromatic rings. The molecule has 1 aromatic heterocycles. The van der Waals surface area contributed by atoms with E-state index in [0.29, 0.717) is 27.3 Å². The van der Waals surface area contributed by atoms with Gasteiger partial charge in [0.1, 0.15) is 4.33 Å². The van der Waals surface area contributed by atoms with Crippen LogP contribution in [0.15, 0.2) is 36.4 Å². The van der Waals surface area contributed by atoms with Crippen molar-refractivity contribution in [3.63, 3.8) is 0 Å². The maximum atomic E-state index is 13.2. The van der Waals surface area contributed by atoms with Gasteiger partial charge in [-0.2, -0.15) is 5.10 Å². The van der Waals surface area contributed by atoms with E-state index in [9.17, 15) is 4.79 Å². The van der Waals surface area contributed by atoms with Crippen LogP contribution < -0.4 is 5.43 Å². The molecule has 3 aliphatic rings. The van der Waals surface area contributed by atoms with Gasteiger partial charge in [0.2, 0.25) is 0 Å². The third-order valence-corrected chi connectivity index (χ3v) is 8.30. The largest absolute Gasteiger partial charge is 0.286 e. The SMILES string of the molecule is Cc1c(C(=O)NN2CCCCC2)nn(-c2ccc(Cl)cc2Cl)c1C1=CCC(C2CC2(Cl)Cl)C=C1. The van der Waals surface area contributed by atoms with E-state index >= 15 is 0 Å². The van der Waals surface area contributed by atoms with E-state index in [0.717, 1.165) is 55.6 Å². The summed E-state index contributed by atoms with van der Waals surface area (Å²) in [7, 11) is 0. The first-order valence-electron chi connectivity index (χ1n) is 11.6. The van der Waals surface area contributed by atoms with Crippen molar-refractivity contribution in [2.75, 3.05) is 13.1 Å². The van der Waals surface area contributed by atoms with Crippen molar-refractivity contribution in [1.82, 2.24) is 20.2 Å². The number of rotatable bonds is 5. The van der Waals surface area contributed by atoms with Crippen molar-refractivity contribution in [1.29, 1.82) is 0 Å². The average molecular weight is 540 g/mol. The number of carbonyl (C=O) groups is 1. The minimum Gasteiger partial charge on any atom is -0.283 e. The Bertz CT molecular complexity index is 1180. The first-order valence-corrected chi connectivity index (χ1v) is 13.1. The molecule has 34 heavy (non-hydrogen) atoms. The highest BCUT2D eigenvalue weighted by atomic mass is 35.5. The van der Waals surface area contributed by atoms with Gasteiger partial charge in [-0.3, -0.25) is 10.2 Å².